The molecule has 2 rings (SSSR count). The summed E-state index contributed by atoms with van der Waals surface area (Å²) in [6.07, 6.45) is 0. The second-order valence-electron chi connectivity index (χ2n) is 4.64. The molecule has 2 N–H and O–H groups in total. The Morgan fingerprint density at radius 2 is 2.10 bits per heavy atom. The zero-order valence-corrected chi connectivity index (χ0v) is 13.4. The van der Waals surface area contributed by atoms with Crippen molar-refractivity contribution in [1.29, 1.82) is 0 Å². The number of rotatable bonds is 6. The summed E-state index contributed by atoms with van der Waals surface area (Å²) in [5, 5.41) is 4.77. The molecule has 4 nitrogen and oxygen atoms in total. The van der Waals surface area contributed by atoms with E-state index < -0.39 is 15.8 Å². The summed E-state index contributed by atoms with van der Waals surface area (Å²) in [6.45, 7) is 2.12. The zero-order chi connectivity index (χ0) is 15.5. The van der Waals surface area contributed by atoms with Gasteiger partial charge in [0.1, 0.15) is 5.82 Å². The molecule has 1 aromatic heterocycles. The van der Waals surface area contributed by atoms with Crippen LogP contribution < -0.4 is 10.0 Å². The van der Waals surface area contributed by atoms with Crippen molar-refractivity contribution >= 4 is 21.4 Å². The molecule has 0 bridgehead atoms. The largest absolute Gasteiger partial charge is 0.316 e. The minimum absolute atomic E-state index is 0.0275. The van der Waals surface area contributed by atoms with Crippen molar-refractivity contribution in [3.05, 3.63) is 52.0 Å². The number of halogens is 1. The van der Waals surface area contributed by atoms with Crippen LogP contribution in [-0.4, -0.2) is 15.5 Å². The molecule has 21 heavy (non-hydrogen) atoms. The molecule has 1 aromatic carbocycles. The van der Waals surface area contributed by atoms with Gasteiger partial charge >= 0.3 is 0 Å². The second-order valence-corrected chi connectivity index (χ2v) is 7.30. The molecule has 0 saturated carbocycles. The topological polar surface area (TPSA) is 58.2 Å². The smallest absolute Gasteiger partial charge is 0.241 e. The Kier molecular flexibility index (Phi) is 5.10. The zero-order valence-electron chi connectivity index (χ0n) is 11.8. The molecule has 1 unspecified atom stereocenters. The predicted molar refractivity (Wildman–Crippen MR) is 82.2 cm³/mol. The van der Waals surface area contributed by atoms with E-state index in [1.54, 1.807) is 14.0 Å². The van der Waals surface area contributed by atoms with Crippen LogP contribution in [0.15, 0.2) is 40.6 Å². The highest BCUT2D eigenvalue weighted by molar-refractivity contribution is 7.89. The van der Waals surface area contributed by atoms with Gasteiger partial charge < -0.3 is 5.32 Å². The van der Waals surface area contributed by atoms with E-state index in [0.29, 0.717) is 12.1 Å². The van der Waals surface area contributed by atoms with Crippen LogP contribution >= 0.6 is 11.3 Å². The fourth-order valence-corrected chi connectivity index (χ4v) is 4.29. The van der Waals surface area contributed by atoms with E-state index in [2.05, 4.69) is 10.0 Å². The summed E-state index contributed by atoms with van der Waals surface area (Å²) in [4.78, 5) is 0.880. The van der Waals surface area contributed by atoms with Crippen molar-refractivity contribution in [1.82, 2.24) is 10.0 Å². The van der Waals surface area contributed by atoms with Crippen molar-refractivity contribution in [3.63, 3.8) is 0 Å². The van der Waals surface area contributed by atoms with Crippen molar-refractivity contribution in [2.24, 2.45) is 0 Å². The van der Waals surface area contributed by atoms with Crippen LogP contribution in [-0.2, 0) is 16.6 Å². The van der Waals surface area contributed by atoms with E-state index in [-0.39, 0.29) is 10.9 Å². The molecule has 0 aliphatic rings. The molecule has 0 aliphatic heterocycles. The number of nitrogens with one attached hydrogen (secondary N) is 2. The van der Waals surface area contributed by atoms with Crippen LogP contribution in [0, 0.1) is 5.82 Å². The Labute approximate surface area is 128 Å². The third-order valence-electron chi connectivity index (χ3n) is 2.99. The number of benzene rings is 1. The van der Waals surface area contributed by atoms with E-state index >= 15 is 0 Å². The fraction of sp³-hybridized carbons (Fsp3) is 0.286. The maximum Gasteiger partial charge on any atom is 0.241 e. The lowest BCUT2D eigenvalue weighted by Gasteiger charge is -2.15. The fourth-order valence-electron chi connectivity index (χ4n) is 2.01. The van der Waals surface area contributed by atoms with Crippen LogP contribution in [0.4, 0.5) is 4.39 Å². The first-order valence-electron chi connectivity index (χ1n) is 6.43. The first kappa shape index (κ1) is 16.1. The number of thiophene rings is 1. The van der Waals surface area contributed by atoms with Gasteiger partial charge in [0.05, 0.1) is 10.9 Å². The lowest BCUT2D eigenvalue weighted by atomic mass is 10.2. The first-order valence-corrected chi connectivity index (χ1v) is 8.79. The number of sulfonamides is 1. The summed E-state index contributed by atoms with van der Waals surface area (Å²) < 4.78 is 41.0. The van der Waals surface area contributed by atoms with E-state index in [1.807, 2.05) is 17.5 Å². The number of hydrogen-bond acceptors (Lipinski definition) is 4. The molecule has 0 amide bonds. The first-order chi connectivity index (χ1) is 9.94. The van der Waals surface area contributed by atoms with Crippen LogP contribution in [0.3, 0.4) is 0 Å². The highest BCUT2D eigenvalue weighted by atomic mass is 32.2. The molecule has 0 radical (unpaired) electrons. The average Bonchev–Trinajstić information content (AvgIpc) is 2.94. The average molecular weight is 328 g/mol. The van der Waals surface area contributed by atoms with E-state index in [9.17, 15) is 12.8 Å². The van der Waals surface area contributed by atoms with Gasteiger partial charge in [-0.15, -0.1) is 11.3 Å². The summed E-state index contributed by atoms with van der Waals surface area (Å²) in [7, 11) is -2.07. The standard InChI is InChI=1S/C14H17FN2O2S2/c1-10(13-4-3-7-20-13)17-21(18,19)14-8-12(15)6-5-11(14)9-16-2/h3-8,10,16-17H,9H2,1-2H3. The summed E-state index contributed by atoms with van der Waals surface area (Å²) in [6, 6.07) is 7.15. The van der Waals surface area contributed by atoms with Gasteiger partial charge in [0.2, 0.25) is 10.0 Å². The molecule has 0 saturated heterocycles. The molecule has 0 aliphatic carbocycles. The Morgan fingerprint density at radius 1 is 1.33 bits per heavy atom. The molecule has 0 spiro atoms. The normalized spacial score (nSPS) is 13.3. The highest BCUT2D eigenvalue weighted by Gasteiger charge is 2.22. The molecule has 114 valence electrons. The predicted octanol–water partition coefficient (Wildman–Crippen LogP) is 2.65. The second kappa shape index (κ2) is 6.65. The van der Waals surface area contributed by atoms with Gasteiger partial charge in [0, 0.05) is 11.4 Å². The molecule has 7 heteroatoms. The van der Waals surface area contributed by atoms with Crippen molar-refractivity contribution in [2.45, 2.75) is 24.4 Å². The van der Waals surface area contributed by atoms with Crippen LogP contribution in [0.1, 0.15) is 23.4 Å². The van der Waals surface area contributed by atoms with Gasteiger partial charge in [0.15, 0.2) is 0 Å². The van der Waals surface area contributed by atoms with Gasteiger partial charge in [0.25, 0.3) is 0 Å². The molecule has 2 aromatic rings. The maximum atomic E-state index is 13.4. The van der Waals surface area contributed by atoms with Crippen LogP contribution in [0.5, 0.6) is 0 Å². The third kappa shape index (κ3) is 3.88. The summed E-state index contributed by atoms with van der Waals surface area (Å²) in [5.41, 5.74) is 0.532. The van der Waals surface area contributed by atoms with Crippen molar-refractivity contribution < 1.29 is 12.8 Å². The maximum absolute atomic E-state index is 13.4. The van der Waals surface area contributed by atoms with Crippen LogP contribution in [0.25, 0.3) is 0 Å². The SMILES string of the molecule is CNCc1ccc(F)cc1S(=O)(=O)NC(C)c1cccs1. The van der Waals surface area contributed by atoms with E-state index in [4.69, 9.17) is 0 Å². The Bertz CT molecular complexity index is 700. The minimum Gasteiger partial charge on any atom is -0.316 e. The van der Waals surface area contributed by atoms with Crippen LogP contribution in [0.2, 0.25) is 0 Å². The third-order valence-corrected chi connectivity index (χ3v) is 5.67. The molecular formula is C14H17FN2O2S2. The van der Waals surface area contributed by atoms with E-state index in [0.717, 1.165) is 10.9 Å². The lowest BCUT2D eigenvalue weighted by molar-refractivity contribution is 0.563. The summed E-state index contributed by atoms with van der Waals surface area (Å²) in [5.74, 6) is -0.570. The van der Waals surface area contributed by atoms with E-state index in [1.165, 1.54) is 23.5 Å². The van der Waals surface area contributed by atoms with Crippen molar-refractivity contribution in [2.75, 3.05) is 7.05 Å². The Balaban J connectivity index is 2.33. The minimum atomic E-state index is -3.78. The molecule has 1 heterocycles. The number of hydrogen-bond donors (Lipinski definition) is 2. The van der Waals surface area contributed by atoms with Gasteiger partial charge in [-0.05, 0) is 43.1 Å². The van der Waals surface area contributed by atoms with Gasteiger partial charge in [-0.1, -0.05) is 12.1 Å². The van der Waals surface area contributed by atoms with Gasteiger partial charge in [-0.2, -0.15) is 0 Å². The molecule has 1 atom stereocenters. The molecule has 0 fully saturated rings. The Morgan fingerprint density at radius 3 is 2.71 bits per heavy atom. The molecular weight excluding hydrogens is 311 g/mol. The van der Waals surface area contributed by atoms with Gasteiger partial charge in [-0.25, -0.2) is 17.5 Å². The highest BCUT2D eigenvalue weighted by Crippen LogP contribution is 2.23. The monoisotopic (exact) mass is 328 g/mol. The Hall–Kier alpha value is -1.28. The lowest BCUT2D eigenvalue weighted by Crippen LogP contribution is -2.28. The quantitative estimate of drug-likeness (QED) is 0.857. The van der Waals surface area contributed by atoms with Gasteiger partial charge in [-0.3, -0.25) is 0 Å². The summed E-state index contributed by atoms with van der Waals surface area (Å²) >= 11 is 1.47. The van der Waals surface area contributed by atoms with Crippen molar-refractivity contribution in [3.8, 4) is 0 Å².